The molecular weight excluding hydrogens is 557 g/mol. The maximum atomic E-state index is 15.7. The van der Waals surface area contributed by atoms with Crippen molar-refractivity contribution in [2.24, 2.45) is 7.05 Å². The van der Waals surface area contributed by atoms with Crippen LogP contribution < -0.4 is 16.6 Å². The first kappa shape index (κ1) is 30.8. The van der Waals surface area contributed by atoms with E-state index in [1.165, 1.54) is 21.3 Å². The molecule has 8 nitrogen and oxygen atoms in total. The van der Waals surface area contributed by atoms with Crippen molar-refractivity contribution in [2.45, 2.75) is 95.2 Å². The van der Waals surface area contributed by atoms with E-state index in [1.54, 1.807) is 20.0 Å². The first-order valence-corrected chi connectivity index (χ1v) is 15.1. The van der Waals surface area contributed by atoms with Crippen LogP contribution in [0.5, 0.6) is 0 Å². The van der Waals surface area contributed by atoms with Gasteiger partial charge in [0.05, 0.1) is 28.5 Å². The summed E-state index contributed by atoms with van der Waals surface area (Å²) in [4.78, 5) is 33.3. The summed E-state index contributed by atoms with van der Waals surface area (Å²) in [5, 5.41) is 13.4. The highest BCUT2D eigenvalue weighted by atomic mass is 19.3. The molecule has 0 saturated heterocycles. The molecule has 1 fully saturated rings. The first-order valence-electron chi connectivity index (χ1n) is 15.1. The van der Waals surface area contributed by atoms with E-state index >= 15 is 13.2 Å². The molecule has 11 heteroatoms. The molecule has 1 N–H and O–H groups in total. The lowest BCUT2D eigenvalue weighted by Crippen LogP contribution is -2.33. The third-order valence-electron chi connectivity index (χ3n) is 9.31. The summed E-state index contributed by atoms with van der Waals surface area (Å²) in [6.07, 6.45) is 4.10. The average molecular weight is 597 g/mol. The van der Waals surface area contributed by atoms with Gasteiger partial charge in [-0.2, -0.15) is 10.2 Å². The topological polar surface area (TPSA) is 96.0 Å². The molecule has 2 aromatic heterocycles. The van der Waals surface area contributed by atoms with Crippen molar-refractivity contribution in [3.63, 3.8) is 0 Å². The molecule has 4 bridgehead atoms. The maximum absolute atomic E-state index is 15.7. The van der Waals surface area contributed by atoms with Crippen LogP contribution in [0, 0.1) is 17.1 Å². The Labute approximate surface area is 249 Å². The number of hydrogen-bond acceptors (Lipinski definition) is 6. The summed E-state index contributed by atoms with van der Waals surface area (Å²) in [5.74, 6) is -4.26. The third kappa shape index (κ3) is 5.81. The number of nitrogens with one attached hydrogen (secondary N) is 1. The molecule has 1 unspecified atom stereocenters. The van der Waals surface area contributed by atoms with Gasteiger partial charge in [-0.05, 0) is 65.6 Å². The van der Waals surface area contributed by atoms with Crippen LogP contribution in [-0.2, 0) is 24.9 Å². The SMILES string of the molecule is CC1CCCCCn2c(=O)nc(c3cc(C4(C#N)CC4)c(=O)n(C)c32)N[C@H](C)c2cccc(c2F)C(F)(F)CCCN1C. The molecule has 5 rings (SSSR count). The number of nitrogens with zero attached hydrogens (tertiary/aromatic N) is 5. The summed E-state index contributed by atoms with van der Waals surface area (Å²) in [6.45, 7) is 4.49. The number of anilines is 1. The Morgan fingerprint density at radius 3 is 2.47 bits per heavy atom. The number of hydrogen-bond donors (Lipinski definition) is 1. The van der Waals surface area contributed by atoms with Crippen molar-refractivity contribution >= 4 is 16.9 Å². The van der Waals surface area contributed by atoms with Crippen molar-refractivity contribution in [3.8, 4) is 6.07 Å². The zero-order valence-corrected chi connectivity index (χ0v) is 25.2. The molecule has 2 atom stereocenters. The zero-order chi connectivity index (χ0) is 31.1. The van der Waals surface area contributed by atoms with E-state index < -0.39 is 40.9 Å². The normalized spacial score (nSPS) is 22.9. The Morgan fingerprint density at radius 2 is 1.77 bits per heavy atom. The van der Waals surface area contributed by atoms with Crippen LogP contribution in [0.15, 0.2) is 33.9 Å². The van der Waals surface area contributed by atoms with Crippen molar-refractivity contribution in [3.05, 3.63) is 67.6 Å². The minimum absolute atomic E-state index is 0.0113. The fraction of sp³-hybridized carbons (Fsp3) is 0.562. The Kier molecular flexibility index (Phi) is 8.45. The van der Waals surface area contributed by atoms with Gasteiger partial charge < -0.3 is 10.2 Å². The van der Waals surface area contributed by atoms with Gasteiger partial charge in [-0.3, -0.25) is 13.9 Å². The van der Waals surface area contributed by atoms with Crippen molar-refractivity contribution in [2.75, 3.05) is 18.9 Å². The van der Waals surface area contributed by atoms with Gasteiger partial charge in [-0.1, -0.05) is 31.0 Å². The fourth-order valence-electron chi connectivity index (χ4n) is 6.22. The van der Waals surface area contributed by atoms with E-state index in [2.05, 4.69) is 28.2 Å². The van der Waals surface area contributed by atoms with Gasteiger partial charge in [0.1, 0.15) is 17.3 Å². The predicted octanol–water partition coefficient (Wildman–Crippen LogP) is 5.73. The summed E-state index contributed by atoms with van der Waals surface area (Å²) in [7, 11) is 3.49. The monoisotopic (exact) mass is 596 g/mol. The fourth-order valence-corrected chi connectivity index (χ4v) is 6.22. The van der Waals surface area contributed by atoms with Gasteiger partial charge in [0.15, 0.2) is 0 Å². The number of nitriles is 1. The molecule has 43 heavy (non-hydrogen) atoms. The largest absolute Gasteiger partial charge is 0.363 e. The number of aromatic nitrogens is 3. The number of pyridine rings is 1. The standard InChI is InChI=1S/C32H39F3N6O2/c1-20-10-6-5-7-17-41-28-23(18-25(29(42)40(28)4)31(19-36)14-15-31)27(38-30(41)43)37-21(2)22-11-8-12-24(26(22)33)32(34,35)13-9-16-39(20)3/h8,11-12,18,20-21H,5-7,9-10,13-17H2,1-4H3,(H,37,38,43)/t20?,21-/m1/s1. The minimum Gasteiger partial charge on any atom is -0.363 e. The first-order chi connectivity index (χ1) is 20.4. The van der Waals surface area contributed by atoms with Gasteiger partial charge in [0.2, 0.25) is 0 Å². The number of halogens is 3. The number of benzene rings is 1. The molecule has 1 aliphatic carbocycles. The lowest BCUT2D eigenvalue weighted by molar-refractivity contribution is -0.0210. The van der Waals surface area contributed by atoms with Crippen LogP contribution in [0.25, 0.3) is 11.0 Å². The van der Waals surface area contributed by atoms with E-state index in [4.69, 9.17) is 0 Å². The van der Waals surface area contributed by atoms with E-state index in [0.717, 1.165) is 25.3 Å². The van der Waals surface area contributed by atoms with Gasteiger partial charge in [-0.25, -0.2) is 18.0 Å². The highest BCUT2D eigenvalue weighted by molar-refractivity contribution is 5.88. The molecule has 1 aliphatic heterocycles. The van der Waals surface area contributed by atoms with Crippen molar-refractivity contribution in [1.82, 2.24) is 19.0 Å². The lowest BCUT2D eigenvalue weighted by atomic mass is 9.96. The number of rotatable bonds is 1. The van der Waals surface area contributed by atoms with Gasteiger partial charge >= 0.3 is 5.69 Å². The smallest absolute Gasteiger partial charge is 0.351 e. The quantitative estimate of drug-likeness (QED) is 0.386. The Morgan fingerprint density at radius 1 is 1.02 bits per heavy atom. The van der Waals surface area contributed by atoms with Crippen LogP contribution >= 0.6 is 0 Å². The highest BCUT2D eigenvalue weighted by Crippen LogP contribution is 2.47. The molecule has 0 radical (unpaired) electrons. The number of alkyl halides is 2. The van der Waals surface area contributed by atoms with Crippen LogP contribution in [-0.4, -0.2) is 38.7 Å². The summed E-state index contributed by atoms with van der Waals surface area (Å²) >= 11 is 0. The van der Waals surface area contributed by atoms with Gasteiger partial charge in [0, 0.05) is 37.2 Å². The summed E-state index contributed by atoms with van der Waals surface area (Å²) in [6, 6.07) is 7.19. The Balaban J connectivity index is 1.66. The average Bonchev–Trinajstić information content (AvgIpc) is 3.76. The van der Waals surface area contributed by atoms with Crippen molar-refractivity contribution < 1.29 is 13.2 Å². The second-order valence-electron chi connectivity index (χ2n) is 12.3. The van der Waals surface area contributed by atoms with E-state index in [1.807, 2.05) is 7.05 Å². The van der Waals surface area contributed by atoms with Gasteiger partial charge in [0.25, 0.3) is 11.5 Å². The van der Waals surface area contributed by atoms with Crippen LogP contribution in [0.4, 0.5) is 19.0 Å². The number of aryl methyl sites for hydroxylation is 2. The Bertz CT molecular complexity index is 1690. The second-order valence-corrected chi connectivity index (χ2v) is 12.3. The molecule has 3 aromatic rings. The van der Waals surface area contributed by atoms with E-state index in [9.17, 15) is 14.9 Å². The number of fused-ring (bicyclic) bond motifs is 8. The third-order valence-corrected chi connectivity index (χ3v) is 9.31. The molecule has 230 valence electrons. The highest BCUT2D eigenvalue weighted by Gasteiger charge is 2.47. The van der Waals surface area contributed by atoms with Crippen LogP contribution in [0.2, 0.25) is 0 Å². The molecule has 2 aliphatic rings. The summed E-state index contributed by atoms with van der Waals surface area (Å²) in [5.41, 5.74) is -1.79. The van der Waals surface area contributed by atoms with Crippen LogP contribution in [0.1, 0.15) is 87.9 Å². The van der Waals surface area contributed by atoms with Crippen LogP contribution in [0.3, 0.4) is 0 Å². The lowest BCUT2D eigenvalue weighted by Gasteiger charge is -2.26. The molecule has 1 aromatic carbocycles. The van der Waals surface area contributed by atoms with Crippen molar-refractivity contribution in [1.29, 1.82) is 5.26 Å². The van der Waals surface area contributed by atoms with Gasteiger partial charge in [-0.15, -0.1) is 0 Å². The minimum atomic E-state index is -3.36. The second kappa shape index (κ2) is 11.8. The zero-order valence-electron chi connectivity index (χ0n) is 25.2. The molecule has 0 amide bonds. The Hall–Kier alpha value is -3.65. The molecule has 0 spiro atoms. The van der Waals surface area contributed by atoms with E-state index in [0.29, 0.717) is 48.9 Å². The summed E-state index contributed by atoms with van der Waals surface area (Å²) < 4.78 is 49.3. The maximum Gasteiger partial charge on any atom is 0.351 e. The molecule has 1 saturated carbocycles. The predicted molar refractivity (Wildman–Crippen MR) is 160 cm³/mol. The molecular formula is C32H39F3N6O2. The molecule has 3 heterocycles. The van der Waals surface area contributed by atoms with E-state index in [-0.39, 0.29) is 29.4 Å².